The molecule has 1 fully saturated rings. The van der Waals surface area contributed by atoms with Crippen molar-refractivity contribution in [2.24, 2.45) is 0 Å². The zero-order valence-corrected chi connectivity index (χ0v) is 31.5. The lowest BCUT2D eigenvalue weighted by atomic mass is 10.0. The second-order valence-corrected chi connectivity index (χ2v) is 15.6. The van der Waals surface area contributed by atoms with Crippen LogP contribution in [0.4, 0.5) is 11.4 Å². The van der Waals surface area contributed by atoms with Crippen LogP contribution in [0, 0.1) is 17.0 Å². The van der Waals surface area contributed by atoms with Gasteiger partial charge in [0.15, 0.2) is 0 Å². The molecule has 11 nitrogen and oxygen atoms in total. The first-order valence-corrected chi connectivity index (χ1v) is 19.0. The normalized spacial score (nSPS) is 13.7. The molecule has 0 saturated heterocycles. The van der Waals surface area contributed by atoms with Gasteiger partial charge in [0.05, 0.1) is 22.6 Å². The molecule has 0 spiro atoms. The molecule has 0 radical (unpaired) electrons. The summed E-state index contributed by atoms with van der Waals surface area (Å²) in [5.41, 5.74) is 0.967. The molecule has 0 heterocycles. The number of sulfonamides is 1. The van der Waals surface area contributed by atoms with Crippen molar-refractivity contribution in [1.29, 1.82) is 0 Å². The number of nitrogens with one attached hydrogen (secondary N) is 1. The molecule has 0 bridgehead atoms. The van der Waals surface area contributed by atoms with Crippen LogP contribution in [0.3, 0.4) is 0 Å². The summed E-state index contributed by atoms with van der Waals surface area (Å²) in [5, 5.41) is 15.7. The third-order valence-electron chi connectivity index (χ3n) is 8.98. The quantitative estimate of drug-likeness (QED) is 0.102. The fraction of sp³-hybridized carbons (Fsp3) is 0.297. The van der Waals surface area contributed by atoms with Gasteiger partial charge in [0.25, 0.3) is 15.7 Å². The van der Waals surface area contributed by atoms with E-state index in [1.807, 2.05) is 30.3 Å². The third kappa shape index (κ3) is 9.16. The number of halogens is 3. The predicted molar refractivity (Wildman–Crippen MR) is 202 cm³/mol. The van der Waals surface area contributed by atoms with Gasteiger partial charge in [-0.2, -0.15) is 0 Å². The van der Waals surface area contributed by atoms with Gasteiger partial charge in [-0.25, -0.2) is 8.42 Å². The largest absolute Gasteiger partial charge is 0.495 e. The Balaban J connectivity index is 1.65. The first kappa shape index (κ1) is 38.9. The first-order valence-electron chi connectivity index (χ1n) is 16.5. The van der Waals surface area contributed by atoms with E-state index in [-0.39, 0.29) is 46.1 Å². The van der Waals surface area contributed by atoms with Crippen LogP contribution in [0.15, 0.2) is 89.8 Å². The number of methoxy groups -OCH3 is 1. The van der Waals surface area contributed by atoms with E-state index in [4.69, 9.17) is 39.5 Å². The van der Waals surface area contributed by atoms with Crippen LogP contribution in [0.1, 0.15) is 42.4 Å². The molecular formula is C37H37Cl3N4O7S. The Bertz CT molecular complexity index is 2060. The minimum Gasteiger partial charge on any atom is -0.495 e. The molecule has 52 heavy (non-hydrogen) atoms. The Morgan fingerprint density at radius 1 is 0.962 bits per heavy atom. The highest BCUT2D eigenvalue weighted by atomic mass is 35.5. The first-order chi connectivity index (χ1) is 24.8. The van der Waals surface area contributed by atoms with Gasteiger partial charge in [0, 0.05) is 45.7 Å². The number of ether oxygens (including phenoxy) is 1. The number of carbonyl (C=O) groups is 2. The third-order valence-corrected chi connectivity index (χ3v) is 11.6. The summed E-state index contributed by atoms with van der Waals surface area (Å²) in [4.78, 5) is 41.1. The number of hydrogen-bond acceptors (Lipinski definition) is 7. The maximum absolute atomic E-state index is 14.9. The van der Waals surface area contributed by atoms with Gasteiger partial charge in [0.2, 0.25) is 11.8 Å². The van der Waals surface area contributed by atoms with Gasteiger partial charge in [-0.3, -0.25) is 24.0 Å². The van der Waals surface area contributed by atoms with E-state index < -0.39 is 49.9 Å². The van der Waals surface area contributed by atoms with E-state index in [0.29, 0.717) is 10.6 Å². The van der Waals surface area contributed by atoms with Crippen molar-refractivity contribution in [3.8, 4) is 5.75 Å². The van der Waals surface area contributed by atoms with Crippen molar-refractivity contribution >= 4 is 68.0 Å². The van der Waals surface area contributed by atoms with E-state index in [2.05, 4.69) is 5.32 Å². The molecule has 2 amide bonds. The van der Waals surface area contributed by atoms with Gasteiger partial charge in [-0.15, -0.1) is 0 Å². The zero-order chi connectivity index (χ0) is 37.6. The summed E-state index contributed by atoms with van der Waals surface area (Å²) < 4.78 is 35.4. The van der Waals surface area contributed by atoms with E-state index in [1.165, 1.54) is 55.3 Å². The Morgan fingerprint density at radius 3 is 2.29 bits per heavy atom. The number of nitro groups is 1. The molecule has 0 aliphatic heterocycles. The van der Waals surface area contributed by atoms with Gasteiger partial charge in [-0.1, -0.05) is 90.1 Å². The van der Waals surface area contributed by atoms with Crippen LogP contribution in [-0.2, 0) is 32.6 Å². The fourth-order valence-electron chi connectivity index (χ4n) is 6.20. The lowest BCUT2D eigenvalue weighted by molar-refractivity contribution is -0.385. The van der Waals surface area contributed by atoms with Crippen LogP contribution < -0.4 is 14.4 Å². The summed E-state index contributed by atoms with van der Waals surface area (Å²) in [7, 11) is -3.39. The average molecular weight is 788 g/mol. The minimum absolute atomic E-state index is 0.0643. The number of amides is 2. The molecule has 15 heteroatoms. The topological polar surface area (TPSA) is 139 Å². The molecular weight excluding hydrogens is 751 g/mol. The van der Waals surface area contributed by atoms with E-state index in [1.54, 1.807) is 12.1 Å². The summed E-state index contributed by atoms with van der Waals surface area (Å²) >= 11 is 19.2. The van der Waals surface area contributed by atoms with E-state index in [0.717, 1.165) is 41.6 Å². The van der Waals surface area contributed by atoms with Crippen molar-refractivity contribution in [2.75, 3.05) is 18.0 Å². The van der Waals surface area contributed by atoms with Crippen LogP contribution >= 0.6 is 34.8 Å². The number of anilines is 1. The number of nitro benzene ring substituents is 1. The van der Waals surface area contributed by atoms with Crippen molar-refractivity contribution in [1.82, 2.24) is 10.2 Å². The highest BCUT2D eigenvalue weighted by molar-refractivity contribution is 7.92. The van der Waals surface area contributed by atoms with Crippen molar-refractivity contribution in [3.05, 3.63) is 127 Å². The molecule has 1 N–H and O–H groups in total. The fourth-order valence-corrected chi connectivity index (χ4v) is 8.27. The van der Waals surface area contributed by atoms with Gasteiger partial charge < -0.3 is 15.0 Å². The highest BCUT2D eigenvalue weighted by Gasteiger charge is 2.37. The molecule has 1 aliphatic rings. The number of benzene rings is 4. The molecule has 274 valence electrons. The van der Waals surface area contributed by atoms with Gasteiger partial charge in [0.1, 0.15) is 18.3 Å². The SMILES string of the molecule is COc1ccc(Cl)cc1N(CC(=O)N(Cc1ccc(Cl)cc1Cl)[C@H](Cc1ccccc1)C(=O)NC1CCCC1)S(=O)(=O)c1ccc(C)c([N+](=O)[O-])c1. The Hall–Kier alpha value is -4.36. The molecule has 1 atom stereocenters. The lowest BCUT2D eigenvalue weighted by Gasteiger charge is -2.34. The standard InChI is InChI=1S/C37H37Cl3N4O7S/c1-24-12-16-30(21-32(24)44(47)48)52(49,50)43(33-20-28(39)15-17-35(33)51-2)23-36(45)42(22-26-13-14-27(38)19-31(26)40)34(18-25-8-4-3-5-9-25)37(46)41-29-10-6-7-11-29/h3-5,8-9,12-17,19-21,29,34H,6-7,10-11,18,22-23H2,1-2H3,(H,41,46)/t34-/m1/s1. The number of carbonyl (C=O) groups excluding carboxylic acids is 2. The van der Waals surface area contributed by atoms with Crippen LogP contribution in [-0.4, -0.2) is 55.8 Å². The maximum atomic E-state index is 14.9. The van der Waals surface area contributed by atoms with Gasteiger partial charge >= 0.3 is 0 Å². The van der Waals surface area contributed by atoms with E-state index in [9.17, 15) is 28.1 Å². The number of nitrogens with zero attached hydrogens (tertiary/aromatic N) is 3. The number of rotatable bonds is 14. The zero-order valence-electron chi connectivity index (χ0n) is 28.4. The Morgan fingerprint density at radius 2 is 1.63 bits per heavy atom. The van der Waals surface area contributed by atoms with Crippen molar-refractivity contribution in [2.45, 2.75) is 62.6 Å². The summed E-state index contributed by atoms with van der Waals surface area (Å²) in [6, 6.07) is 20.5. The van der Waals surface area contributed by atoms with Crippen LogP contribution in [0.2, 0.25) is 15.1 Å². The number of hydrogen-bond donors (Lipinski definition) is 1. The van der Waals surface area contributed by atoms with Gasteiger partial charge in [-0.05, 0) is 67.3 Å². The summed E-state index contributed by atoms with van der Waals surface area (Å²) in [5.74, 6) is -1.10. The molecule has 4 aromatic carbocycles. The minimum atomic E-state index is -4.72. The Labute approximate surface area is 317 Å². The van der Waals surface area contributed by atoms with Crippen LogP contribution in [0.5, 0.6) is 5.75 Å². The summed E-state index contributed by atoms with van der Waals surface area (Å²) in [6.07, 6.45) is 3.62. The molecule has 5 rings (SSSR count). The van der Waals surface area contributed by atoms with Crippen LogP contribution in [0.25, 0.3) is 0 Å². The molecule has 1 saturated carbocycles. The molecule has 1 aliphatic carbocycles. The monoisotopic (exact) mass is 786 g/mol. The maximum Gasteiger partial charge on any atom is 0.273 e. The molecule has 4 aromatic rings. The lowest BCUT2D eigenvalue weighted by Crippen LogP contribution is -2.54. The molecule has 0 aromatic heterocycles. The molecule has 0 unspecified atom stereocenters. The highest BCUT2D eigenvalue weighted by Crippen LogP contribution is 2.36. The average Bonchev–Trinajstić information content (AvgIpc) is 3.62. The predicted octanol–water partition coefficient (Wildman–Crippen LogP) is 7.77. The van der Waals surface area contributed by atoms with Crippen molar-refractivity contribution in [3.63, 3.8) is 0 Å². The van der Waals surface area contributed by atoms with E-state index >= 15 is 0 Å². The number of aryl methyl sites for hydroxylation is 1. The smallest absolute Gasteiger partial charge is 0.273 e. The Kier molecular flexibility index (Phi) is 12.7. The summed E-state index contributed by atoms with van der Waals surface area (Å²) in [6.45, 7) is 0.466. The van der Waals surface area contributed by atoms with Crippen molar-refractivity contribution < 1.29 is 27.7 Å². The second kappa shape index (κ2) is 17.0. The second-order valence-electron chi connectivity index (χ2n) is 12.5.